The second-order valence-electron chi connectivity index (χ2n) is 4.74. The predicted molar refractivity (Wildman–Crippen MR) is 84.0 cm³/mol. The Morgan fingerprint density at radius 2 is 2.05 bits per heavy atom. The summed E-state index contributed by atoms with van der Waals surface area (Å²) in [5.41, 5.74) is 0.469. The summed E-state index contributed by atoms with van der Waals surface area (Å²) < 4.78 is 1.37. The SMILES string of the molecule is CCc1ccc(C(=O)Cn2cnc3ccccc3c2=O)s1. The summed E-state index contributed by atoms with van der Waals surface area (Å²) in [7, 11) is 0. The number of hydrogen-bond donors (Lipinski definition) is 0. The monoisotopic (exact) mass is 298 g/mol. The predicted octanol–water partition coefficient (Wildman–Crippen LogP) is 2.90. The molecule has 1 aromatic carbocycles. The molecule has 0 bridgehead atoms. The fraction of sp³-hybridized carbons (Fsp3) is 0.188. The lowest BCUT2D eigenvalue weighted by Crippen LogP contribution is -2.24. The van der Waals surface area contributed by atoms with Crippen LogP contribution in [0.1, 0.15) is 21.5 Å². The smallest absolute Gasteiger partial charge is 0.261 e. The number of aryl methyl sites for hydroxylation is 1. The van der Waals surface area contributed by atoms with Crippen molar-refractivity contribution in [2.24, 2.45) is 0 Å². The van der Waals surface area contributed by atoms with Gasteiger partial charge in [0.05, 0.1) is 28.7 Å². The molecule has 0 atom stereocenters. The zero-order valence-electron chi connectivity index (χ0n) is 11.6. The van der Waals surface area contributed by atoms with E-state index in [9.17, 15) is 9.59 Å². The van der Waals surface area contributed by atoms with E-state index in [1.165, 1.54) is 27.1 Å². The number of nitrogens with zero attached hydrogens (tertiary/aromatic N) is 2. The van der Waals surface area contributed by atoms with Gasteiger partial charge in [0.1, 0.15) is 0 Å². The van der Waals surface area contributed by atoms with E-state index in [1.54, 1.807) is 18.2 Å². The van der Waals surface area contributed by atoms with Gasteiger partial charge in [-0.15, -0.1) is 11.3 Å². The van der Waals surface area contributed by atoms with Crippen LogP contribution in [0.3, 0.4) is 0 Å². The first-order chi connectivity index (χ1) is 10.2. The number of para-hydroxylation sites is 1. The summed E-state index contributed by atoms with van der Waals surface area (Å²) in [5, 5.41) is 0.535. The molecule has 0 radical (unpaired) electrons. The Morgan fingerprint density at radius 3 is 2.81 bits per heavy atom. The molecule has 2 heterocycles. The summed E-state index contributed by atoms with van der Waals surface area (Å²) in [6.45, 7) is 2.08. The fourth-order valence-corrected chi connectivity index (χ4v) is 3.05. The van der Waals surface area contributed by atoms with Crippen LogP contribution in [0.25, 0.3) is 10.9 Å². The summed E-state index contributed by atoms with van der Waals surface area (Å²) in [6.07, 6.45) is 2.35. The zero-order chi connectivity index (χ0) is 14.8. The number of carbonyl (C=O) groups is 1. The van der Waals surface area contributed by atoms with Crippen molar-refractivity contribution in [1.29, 1.82) is 0 Å². The minimum absolute atomic E-state index is 0.0281. The molecule has 2 aromatic heterocycles. The van der Waals surface area contributed by atoms with E-state index < -0.39 is 0 Å². The average molecular weight is 298 g/mol. The van der Waals surface area contributed by atoms with Crippen LogP contribution in [0.5, 0.6) is 0 Å². The number of rotatable bonds is 4. The molecule has 0 spiro atoms. The van der Waals surface area contributed by atoms with Gasteiger partial charge in [0, 0.05) is 4.88 Å². The van der Waals surface area contributed by atoms with Crippen molar-refractivity contribution in [3.8, 4) is 0 Å². The average Bonchev–Trinajstić information content (AvgIpc) is 2.99. The normalized spacial score (nSPS) is 10.9. The second kappa shape index (κ2) is 5.61. The van der Waals surface area contributed by atoms with Gasteiger partial charge < -0.3 is 0 Å². The molecule has 0 fully saturated rings. The number of Topliss-reactive ketones (excluding diaryl/α,β-unsaturated/α-hetero) is 1. The molecule has 3 aromatic rings. The molecule has 5 heteroatoms. The van der Waals surface area contributed by atoms with Gasteiger partial charge in [0.2, 0.25) is 0 Å². The highest BCUT2D eigenvalue weighted by atomic mass is 32.1. The molecule has 106 valence electrons. The molecule has 0 N–H and O–H groups in total. The number of fused-ring (bicyclic) bond motifs is 1. The Morgan fingerprint density at radius 1 is 1.24 bits per heavy atom. The van der Waals surface area contributed by atoms with Crippen molar-refractivity contribution in [1.82, 2.24) is 9.55 Å². The van der Waals surface area contributed by atoms with Gasteiger partial charge in [-0.1, -0.05) is 19.1 Å². The van der Waals surface area contributed by atoms with Crippen LogP contribution in [0.2, 0.25) is 0 Å². The molecule has 0 aliphatic carbocycles. The fourth-order valence-electron chi connectivity index (χ4n) is 2.17. The van der Waals surface area contributed by atoms with Crippen LogP contribution in [0.4, 0.5) is 0 Å². The topological polar surface area (TPSA) is 52.0 Å². The molecule has 4 nitrogen and oxygen atoms in total. The molecular weight excluding hydrogens is 284 g/mol. The summed E-state index contributed by atoms with van der Waals surface area (Å²) >= 11 is 1.48. The Bertz CT molecular complexity index is 864. The lowest BCUT2D eigenvalue weighted by atomic mass is 10.2. The lowest BCUT2D eigenvalue weighted by Gasteiger charge is -2.04. The highest BCUT2D eigenvalue weighted by molar-refractivity contribution is 7.14. The summed E-state index contributed by atoms with van der Waals surface area (Å²) in [5.74, 6) is -0.0566. The van der Waals surface area contributed by atoms with Gasteiger partial charge in [0.25, 0.3) is 5.56 Å². The van der Waals surface area contributed by atoms with Crippen molar-refractivity contribution in [2.75, 3.05) is 0 Å². The van der Waals surface area contributed by atoms with E-state index in [-0.39, 0.29) is 17.9 Å². The molecule has 0 amide bonds. The van der Waals surface area contributed by atoms with E-state index in [4.69, 9.17) is 0 Å². The van der Waals surface area contributed by atoms with Gasteiger partial charge in [0.15, 0.2) is 5.78 Å². The first-order valence-electron chi connectivity index (χ1n) is 6.75. The van der Waals surface area contributed by atoms with Crippen LogP contribution in [-0.2, 0) is 13.0 Å². The van der Waals surface area contributed by atoms with Crippen molar-refractivity contribution in [2.45, 2.75) is 19.9 Å². The number of hydrogen-bond acceptors (Lipinski definition) is 4. The summed E-state index contributed by atoms with van der Waals surface area (Å²) in [6, 6.07) is 10.9. The molecule has 0 saturated carbocycles. The first kappa shape index (κ1) is 13.7. The molecule has 0 saturated heterocycles. The molecule has 0 aliphatic rings. The van der Waals surface area contributed by atoms with E-state index >= 15 is 0 Å². The minimum Gasteiger partial charge on any atom is -0.291 e. The Balaban J connectivity index is 1.93. The van der Waals surface area contributed by atoms with Crippen LogP contribution >= 0.6 is 11.3 Å². The first-order valence-corrected chi connectivity index (χ1v) is 7.57. The van der Waals surface area contributed by atoms with Crippen molar-refractivity contribution in [3.63, 3.8) is 0 Å². The third kappa shape index (κ3) is 2.64. The number of carbonyl (C=O) groups excluding carboxylic acids is 1. The Labute approximate surface area is 125 Å². The summed E-state index contributed by atoms with van der Waals surface area (Å²) in [4.78, 5) is 30.7. The molecule has 0 aliphatic heterocycles. The molecule has 0 unspecified atom stereocenters. The van der Waals surface area contributed by atoms with Crippen LogP contribution in [-0.4, -0.2) is 15.3 Å². The molecular formula is C16H14N2O2S. The van der Waals surface area contributed by atoms with Gasteiger partial charge in [-0.25, -0.2) is 4.98 Å². The van der Waals surface area contributed by atoms with Crippen LogP contribution < -0.4 is 5.56 Å². The van der Waals surface area contributed by atoms with E-state index in [1.807, 2.05) is 18.2 Å². The zero-order valence-corrected chi connectivity index (χ0v) is 12.4. The largest absolute Gasteiger partial charge is 0.291 e. The quantitative estimate of drug-likeness (QED) is 0.696. The lowest BCUT2D eigenvalue weighted by molar-refractivity contribution is 0.0974. The Kier molecular flexibility index (Phi) is 3.66. The number of ketones is 1. The third-order valence-electron chi connectivity index (χ3n) is 3.33. The van der Waals surface area contributed by atoms with Gasteiger partial charge in [-0.05, 0) is 30.7 Å². The standard InChI is InChI=1S/C16H14N2O2S/c1-2-11-7-8-15(21-11)14(19)9-18-10-17-13-6-4-3-5-12(13)16(18)20/h3-8,10H,2,9H2,1H3. The maximum atomic E-state index is 12.3. The Hall–Kier alpha value is -2.27. The van der Waals surface area contributed by atoms with Crippen molar-refractivity contribution >= 4 is 28.0 Å². The van der Waals surface area contributed by atoms with Gasteiger partial charge >= 0.3 is 0 Å². The van der Waals surface area contributed by atoms with Crippen molar-refractivity contribution < 1.29 is 4.79 Å². The highest BCUT2D eigenvalue weighted by Crippen LogP contribution is 2.18. The van der Waals surface area contributed by atoms with Crippen molar-refractivity contribution in [3.05, 3.63) is 62.8 Å². The van der Waals surface area contributed by atoms with Crippen LogP contribution in [0, 0.1) is 0 Å². The van der Waals surface area contributed by atoms with Crippen LogP contribution in [0.15, 0.2) is 47.5 Å². The van der Waals surface area contributed by atoms with E-state index in [2.05, 4.69) is 11.9 Å². The van der Waals surface area contributed by atoms with E-state index in [0.29, 0.717) is 15.8 Å². The van der Waals surface area contributed by atoms with Gasteiger partial charge in [-0.2, -0.15) is 0 Å². The number of aromatic nitrogens is 2. The van der Waals surface area contributed by atoms with Gasteiger partial charge in [-0.3, -0.25) is 14.2 Å². The maximum absolute atomic E-state index is 12.3. The second-order valence-corrected chi connectivity index (χ2v) is 5.91. The minimum atomic E-state index is -0.179. The number of benzene rings is 1. The maximum Gasteiger partial charge on any atom is 0.261 e. The van der Waals surface area contributed by atoms with E-state index in [0.717, 1.165) is 6.42 Å². The number of thiophene rings is 1. The molecule has 21 heavy (non-hydrogen) atoms. The molecule has 3 rings (SSSR count). The highest BCUT2D eigenvalue weighted by Gasteiger charge is 2.12. The third-order valence-corrected chi connectivity index (χ3v) is 4.60.